The highest BCUT2D eigenvalue weighted by atomic mass is 32.2. The first-order chi connectivity index (χ1) is 15.7. The number of nitrogens with zero attached hydrogens (tertiary/aromatic N) is 3. The van der Waals surface area contributed by atoms with Gasteiger partial charge in [0.2, 0.25) is 5.78 Å². The lowest BCUT2D eigenvalue weighted by atomic mass is 10.0. The van der Waals surface area contributed by atoms with Crippen LogP contribution in [0.4, 0.5) is 11.4 Å². The number of benzene rings is 3. The fourth-order valence-corrected chi connectivity index (χ4v) is 5.35. The summed E-state index contributed by atoms with van der Waals surface area (Å²) in [5.74, 6) is -0.0392. The van der Waals surface area contributed by atoms with Gasteiger partial charge in [-0.25, -0.2) is 4.98 Å². The quantitative estimate of drug-likeness (QED) is 0.306. The summed E-state index contributed by atoms with van der Waals surface area (Å²) >= 11 is 1.74. The minimum Gasteiger partial charge on any atom is -0.343 e. The number of rotatable bonds is 3. The van der Waals surface area contributed by atoms with Crippen LogP contribution in [-0.2, 0) is 0 Å². The molecule has 0 radical (unpaired) electrons. The van der Waals surface area contributed by atoms with Crippen molar-refractivity contribution in [3.8, 4) is 11.3 Å². The Balaban J connectivity index is 1.49. The average molecular weight is 434 g/mol. The molecule has 154 valence electrons. The highest BCUT2D eigenvalue weighted by molar-refractivity contribution is 7.99. The van der Waals surface area contributed by atoms with Crippen molar-refractivity contribution < 1.29 is 4.79 Å². The van der Waals surface area contributed by atoms with Gasteiger partial charge in [-0.3, -0.25) is 9.20 Å². The van der Waals surface area contributed by atoms with Crippen molar-refractivity contribution >= 4 is 34.6 Å². The zero-order chi connectivity index (χ0) is 21.7. The van der Waals surface area contributed by atoms with Crippen LogP contribution in [0.15, 0.2) is 107 Å². The lowest BCUT2D eigenvalue weighted by Crippen LogP contribution is -2.16. The number of pyridine rings is 1. The first kappa shape index (κ1) is 18.9. The van der Waals surface area contributed by atoms with Crippen molar-refractivity contribution in [2.24, 2.45) is 0 Å². The molecule has 0 amide bonds. The number of aromatic nitrogens is 2. The molecule has 1 aliphatic heterocycles. The maximum absolute atomic E-state index is 13.9. The Morgan fingerprint density at radius 3 is 2.44 bits per heavy atom. The second-order valence-corrected chi connectivity index (χ2v) is 8.83. The number of carbonyl (C=O) groups is 1. The number of hydrogen-bond donors (Lipinski definition) is 0. The first-order valence-corrected chi connectivity index (χ1v) is 11.2. The van der Waals surface area contributed by atoms with E-state index in [1.165, 1.54) is 4.90 Å². The van der Waals surface area contributed by atoms with Crippen molar-refractivity contribution in [1.82, 2.24) is 9.38 Å². The number of anilines is 2. The fourth-order valence-electron chi connectivity index (χ4n) is 4.22. The van der Waals surface area contributed by atoms with Gasteiger partial charge < -0.3 is 4.90 Å². The van der Waals surface area contributed by atoms with Gasteiger partial charge in [0.25, 0.3) is 0 Å². The van der Waals surface area contributed by atoms with Crippen LogP contribution in [0, 0.1) is 0 Å². The van der Waals surface area contributed by atoms with E-state index in [4.69, 9.17) is 4.98 Å². The molecule has 0 aliphatic carbocycles. The molecule has 0 saturated heterocycles. The fraction of sp³-hybridized carbons (Fsp3) is 0.0370. The maximum Gasteiger partial charge on any atom is 0.212 e. The molecule has 0 saturated carbocycles. The summed E-state index contributed by atoms with van der Waals surface area (Å²) in [4.78, 5) is 23.2. The molecule has 0 spiro atoms. The van der Waals surface area contributed by atoms with Crippen molar-refractivity contribution in [2.45, 2.75) is 9.79 Å². The molecule has 5 aromatic rings. The van der Waals surface area contributed by atoms with Crippen molar-refractivity contribution in [1.29, 1.82) is 0 Å². The molecule has 0 unspecified atom stereocenters. The van der Waals surface area contributed by atoms with E-state index >= 15 is 0 Å². The summed E-state index contributed by atoms with van der Waals surface area (Å²) < 4.78 is 1.89. The zero-order valence-corrected chi connectivity index (χ0v) is 18.2. The van der Waals surface area contributed by atoms with Gasteiger partial charge in [0, 0.05) is 34.2 Å². The summed E-state index contributed by atoms with van der Waals surface area (Å²) in [5.41, 5.74) is 5.81. The van der Waals surface area contributed by atoms with Crippen LogP contribution in [0.25, 0.3) is 16.9 Å². The molecular formula is C27H19N3OS. The number of carbonyl (C=O) groups excluding carboxylic acids is 1. The Morgan fingerprint density at radius 1 is 0.812 bits per heavy atom. The van der Waals surface area contributed by atoms with E-state index in [1.807, 2.05) is 83.4 Å². The molecule has 2 aromatic heterocycles. The van der Waals surface area contributed by atoms with Crippen LogP contribution in [0.2, 0.25) is 0 Å². The van der Waals surface area contributed by atoms with Gasteiger partial charge in [0.15, 0.2) is 0 Å². The molecule has 4 nitrogen and oxygen atoms in total. The smallest absolute Gasteiger partial charge is 0.212 e. The largest absolute Gasteiger partial charge is 0.343 e. The van der Waals surface area contributed by atoms with Crippen molar-refractivity contribution in [3.63, 3.8) is 0 Å². The molecule has 32 heavy (non-hydrogen) atoms. The predicted octanol–water partition coefficient (Wildman–Crippen LogP) is 6.46. The Labute approximate surface area is 190 Å². The van der Waals surface area contributed by atoms with Crippen molar-refractivity contribution in [2.75, 3.05) is 11.9 Å². The van der Waals surface area contributed by atoms with Gasteiger partial charge >= 0.3 is 0 Å². The van der Waals surface area contributed by atoms with Gasteiger partial charge in [-0.15, -0.1) is 0 Å². The Bertz CT molecular complexity index is 1490. The summed E-state index contributed by atoms with van der Waals surface area (Å²) in [5, 5.41) is 0. The van der Waals surface area contributed by atoms with E-state index < -0.39 is 0 Å². The molecule has 5 heteroatoms. The third-order valence-electron chi connectivity index (χ3n) is 5.82. The summed E-state index contributed by atoms with van der Waals surface area (Å²) in [7, 11) is 2.05. The number of para-hydroxylation sites is 1. The van der Waals surface area contributed by atoms with Gasteiger partial charge in [0.05, 0.1) is 11.4 Å². The second-order valence-electron chi connectivity index (χ2n) is 7.74. The zero-order valence-electron chi connectivity index (χ0n) is 17.4. The molecule has 0 N–H and O–H groups in total. The Morgan fingerprint density at radius 2 is 1.56 bits per heavy atom. The van der Waals surface area contributed by atoms with Crippen molar-refractivity contribution in [3.05, 3.63) is 108 Å². The van der Waals surface area contributed by atoms with E-state index in [0.717, 1.165) is 27.5 Å². The summed E-state index contributed by atoms with van der Waals surface area (Å²) in [6.45, 7) is 0. The SMILES string of the molecule is CN1c2ccccc2Sc2ccc(C(=O)c3c(-c4ccccc4)nc4ccccn34)cc21. The third-order valence-corrected chi connectivity index (χ3v) is 6.95. The van der Waals surface area contributed by atoms with Crippen LogP contribution in [0.3, 0.4) is 0 Å². The average Bonchev–Trinajstić information content (AvgIpc) is 3.24. The van der Waals surface area contributed by atoms with Gasteiger partial charge in [-0.1, -0.05) is 60.3 Å². The summed E-state index contributed by atoms with van der Waals surface area (Å²) in [6, 6.07) is 30.0. The number of fused-ring (bicyclic) bond motifs is 3. The molecule has 6 rings (SSSR count). The van der Waals surface area contributed by atoms with Crippen LogP contribution in [0.1, 0.15) is 16.1 Å². The van der Waals surface area contributed by atoms with Crippen LogP contribution >= 0.6 is 11.8 Å². The Hall–Kier alpha value is -3.83. The van der Waals surface area contributed by atoms with Crippen LogP contribution in [-0.4, -0.2) is 22.2 Å². The predicted molar refractivity (Wildman–Crippen MR) is 129 cm³/mol. The number of imidazole rings is 1. The van der Waals surface area contributed by atoms with E-state index in [0.29, 0.717) is 17.0 Å². The van der Waals surface area contributed by atoms with E-state index in [9.17, 15) is 4.79 Å². The molecule has 0 atom stereocenters. The topological polar surface area (TPSA) is 37.6 Å². The molecule has 1 aliphatic rings. The van der Waals surface area contributed by atoms with Crippen LogP contribution < -0.4 is 4.90 Å². The molecular weight excluding hydrogens is 414 g/mol. The van der Waals surface area contributed by atoms with Gasteiger partial charge in [-0.2, -0.15) is 0 Å². The molecule has 3 heterocycles. The van der Waals surface area contributed by atoms with Gasteiger partial charge in [-0.05, 0) is 42.5 Å². The third kappa shape index (κ3) is 2.93. The minimum absolute atomic E-state index is 0.0392. The standard InChI is InChI=1S/C27H19N3OS/c1-29-20-11-5-6-12-22(20)32-23-15-14-19(17-21(23)29)27(31)26-25(18-9-3-2-4-10-18)28-24-13-7-8-16-30(24)26/h2-17H,1H3. The number of ketones is 1. The molecule has 0 bridgehead atoms. The first-order valence-electron chi connectivity index (χ1n) is 10.4. The molecule has 0 fully saturated rings. The van der Waals surface area contributed by atoms with E-state index in [1.54, 1.807) is 11.8 Å². The van der Waals surface area contributed by atoms with E-state index in [-0.39, 0.29) is 5.78 Å². The lowest BCUT2D eigenvalue weighted by Gasteiger charge is -2.29. The second kappa shape index (κ2) is 7.39. The monoisotopic (exact) mass is 433 g/mol. The van der Waals surface area contributed by atoms with Crippen LogP contribution in [0.5, 0.6) is 0 Å². The molecule has 3 aromatic carbocycles. The Kier molecular flexibility index (Phi) is 4.37. The lowest BCUT2D eigenvalue weighted by molar-refractivity contribution is 0.103. The highest BCUT2D eigenvalue weighted by Crippen LogP contribution is 2.47. The maximum atomic E-state index is 13.9. The normalized spacial score (nSPS) is 12.5. The van der Waals surface area contributed by atoms with Gasteiger partial charge in [0.1, 0.15) is 17.0 Å². The van der Waals surface area contributed by atoms with E-state index in [2.05, 4.69) is 30.1 Å². The number of hydrogen-bond acceptors (Lipinski definition) is 4. The minimum atomic E-state index is -0.0392. The summed E-state index contributed by atoms with van der Waals surface area (Å²) in [6.07, 6.45) is 1.90. The highest BCUT2D eigenvalue weighted by Gasteiger charge is 2.25.